The molecule has 6 heterocycles. The van der Waals surface area contributed by atoms with Crippen LogP contribution in [0.5, 0.6) is 46.0 Å². The van der Waals surface area contributed by atoms with Gasteiger partial charge in [-0.2, -0.15) is 9.13 Å². The van der Waals surface area contributed by atoms with Gasteiger partial charge in [0.1, 0.15) is 0 Å². The largest absolute Gasteiger partial charge is 0.504 e. The SMILES string of the molecule is COc1ccc2cc3[n+](cc2c1O)CCc1cc2c(cc1-3)OCO2.COc1ccc2cc3[n+](cc2c1OC)CCc1cc2c(cc1-3)OCO2. The predicted octanol–water partition coefficient (Wildman–Crippen LogP) is 5.89. The predicted molar refractivity (Wildman–Crippen MR) is 180 cm³/mol. The molecule has 0 bridgehead atoms. The van der Waals surface area contributed by atoms with Gasteiger partial charge in [0.2, 0.25) is 25.0 Å². The summed E-state index contributed by atoms with van der Waals surface area (Å²) in [5.41, 5.74) is 7.21. The first-order valence-corrected chi connectivity index (χ1v) is 16.2. The molecule has 0 unspecified atom stereocenters. The van der Waals surface area contributed by atoms with Crippen molar-refractivity contribution >= 4 is 21.5 Å². The van der Waals surface area contributed by atoms with Crippen LogP contribution in [-0.2, 0) is 25.9 Å². The molecule has 0 aliphatic carbocycles. The average Bonchev–Trinajstić information content (AvgIpc) is 3.80. The minimum Gasteiger partial charge on any atom is -0.504 e. The van der Waals surface area contributed by atoms with Crippen LogP contribution in [0.1, 0.15) is 11.1 Å². The van der Waals surface area contributed by atoms with Gasteiger partial charge in [0, 0.05) is 25.0 Å². The third-order valence-electron chi connectivity index (χ3n) is 9.82. The Kier molecular flexibility index (Phi) is 6.79. The zero-order valence-electron chi connectivity index (χ0n) is 27.4. The van der Waals surface area contributed by atoms with Crippen molar-refractivity contribution in [3.05, 3.63) is 84.2 Å². The second-order valence-electron chi connectivity index (χ2n) is 12.4. The Labute approximate surface area is 282 Å². The number of benzene rings is 4. The number of fused-ring (bicyclic) bond motifs is 10. The number of aryl methyl sites for hydroxylation is 4. The zero-order chi connectivity index (χ0) is 33.2. The summed E-state index contributed by atoms with van der Waals surface area (Å²) in [5, 5.41) is 14.3. The third kappa shape index (κ3) is 4.69. The van der Waals surface area contributed by atoms with Crippen LogP contribution in [0.3, 0.4) is 0 Å². The van der Waals surface area contributed by atoms with Gasteiger partial charge in [0.05, 0.1) is 43.2 Å². The van der Waals surface area contributed by atoms with Crippen LogP contribution in [0.4, 0.5) is 0 Å². The molecule has 0 saturated carbocycles. The lowest BCUT2D eigenvalue weighted by Crippen LogP contribution is -2.40. The molecule has 0 amide bonds. The van der Waals surface area contributed by atoms with Crippen molar-refractivity contribution in [3.63, 3.8) is 0 Å². The van der Waals surface area contributed by atoms with Gasteiger partial charge in [-0.05, 0) is 70.4 Å². The van der Waals surface area contributed by atoms with Crippen LogP contribution in [0, 0.1) is 0 Å². The summed E-state index contributed by atoms with van der Waals surface area (Å²) in [6, 6.07) is 20.4. The lowest BCUT2D eigenvalue weighted by molar-refractivity contribution is -0.686. The highest BCUT2D eigenvalue weighted by Gasteiger charge is 2.30. The molecule has 246 valence electrons. The summed E-state index contributed by atoms with van der Waals surface area (Å²) in [6.45, 7) is 2.35. The summed E-state index contributed by atoms with van der Waals surface area (Å²) in [4.78, 5) is 0. The van der Waals surface area contributed by atoms with Crippen LogP contribution in [-0.4, -0.2) is 40.0 Å². The van der Waals surface area contributed by atoms with Gasteiger partial charge in [-0.1, -0.05) is 0 Å². The topological polar surface area (TPSA) is 92.6 Å². The number of hydrogen-bond acceptors (Lipinski definition) is 8. The number of phenolic OH excluding ortho intramolecular Hbond substituents is 1. The van der Waals surface area contributed by atoms with E-state index in [1.54, 1.807) is 27.4 Å². The van der Waals surface area contributed by atoms with Gasteiger partial charge in [0.15, 0.2) is 71.5 Å². The van der Waals surface area contributed by atoms with Crippen molar-refractivity contribution in [3.8, 4) is 68.5 Å². The molecule has 10 heteroatoms. The number of phenols is 1. The highest BCUT2D eigenvalue weighted by Crippen LogP contribution is 2.43. The number of aromatic nitrogens is 2. The molecule has 0 saturated heterocycles. The smallest absolute Gasteiger partial charge is 0.231 e. The second-order valence-corrected chi connectivity index (χ2v) is 12.4. The van der Waals surface area contributed by atoms with Crippen LogP contribution in [0.25, 0.3) is 44.1 Å². The molecule has 6 aromatic rings. The maximum atomic E-state index is 10.4. The first-order chi connectivity index (χ1) is 24.0. The maximum Gasteiger partial charge on any atom is 0.231 e. The number of rotatable bonds is 3. The molecule has 0 radical (unpaired) electrons. The van der Waals surface area contributed by atoms with Crippen LogP contribution in [0.15, 0.2) is 73.1 Å². The Morgan fingerprint density at radius 1 is 0.571 bits per heavy atom. The number of pyridine rings is 2. The first kappa shape index (κ1) is 29.3. The van der Waals surface area contributed by atoms with E-state index in [-0.39, 0.29) is 12.5 Å². The number of ether oxygens (including phenoxy) is 7. The monoisotopic (exact) mass is 658 g/mol. The zero-order valence-corrected chi connectivity index (χ0v) is 27.4. The van der Waals surface area contributed by atoms with E-state index < -0.39 is 0 Å². The molecule has 0 spiro atoms. The molecular weight excluding hydrogens is 624 g/mol. The Bertz CT molecular complexity index is 2340. The molecule has 1 N–H and O–H groups in total. The molecule has 0 fully saturated rings. The van der Waals surface area contributed by atoms with E-state index in [1.165, 1.54) is 22.4 Å². The van der Waals surface area contributed by atoms with Crippen molar-refractivity contribution in [2.45, 2.75) is 25.9 Å². The Hall–Kier alpha value is -5.90. The minimum absolute atomic E-state index is 0.182. The molecule has 4 aliphatic heterocycles. The summed E-state index contributed by atoms with van der Waals surface area (Å²) in [6.07, 6.45) is 6.02. The molecule has 10 nitrogen and oxygen atoms in total. The van der Waals surface area contributed by atoms with Gasteiger partial charge < -0.3 is 38.3 Å². The van der Waals surface area contributed by atoms with E-state index in [2.05, 4.69) is 57.8 Å². The molecule has 0 atom stereocenters. The van der Waals surface area contributed by atoms with Crippen molar-refractivity contribution in [1.82, 2.24) is 0 Å². The molecular formula is C39H34N2O8+2. The maximum absolute atomic E-state index is 10.4. The number of nitrogens with zero attached hydrogens (tertiary/aromatic N) is 2. The number of methoxy groups -OCH3 is 3. The Morgan fingerprint density at radius 3 is 1.59 bits per heavy atom. The third-order valence-corrected chi connectivity index (χ3v) is 9.82. The van der Waals surface area contributed by atoms with Crippen LogP contribution >= 0.6 is 0 Å². The number of aromatic hydroxyl groups is 1. The van der Waals surface area contributed by atoms with Gasteiger partial charge in [0.25, 0.3) is 0 Å². The molecule has 49 heavy (non-hydrogen) atoms. The summed E-state index contributed by atoms with van der Waals surface area (Å²) in [7, 11) is 4.90. The van der Waals surface area contributed by atoms with Crippen LogP contribution < -0.4 is 42.3 Å². The quantitative estimate of drug-likeness (QED) is 0.236. The second kappa shape index (κ2) is 11.4. The standard InChI is InChI=1S/C20H18NO4.C19H15NO4/c1-22-17-4-3-12-7-16-14-9-19-18(24-11-25-19)8-13(14)5-6-21(16)10-15(12)20(17)23-2;1-22-16-3-2-11-6-15-13-8-18-17(23-10-24-18)7-12(13)4-5-20(15)9-14(11)19(16)21/h3-4,7-10H,5-6,11H2,1-2H3;2-3,6-9H,4-5,10H2,1H3/q+1;/p+1. The van der Waals surface area contributed by atoms with E-state index in [9.17, 15) is 5.11 Å². The van der Waals surface area contributed by atoms with Crippen molar-refractivity contribution in [2.75, 3.05) is 34.9 Å². The number of hydrogen-bond donors (Lipinski definition) is 1. The highest BCUT2D eigenvalue weighted by molar-refractivity contribution is 5.92. The fourth-order valence-corrected chi connectivity index (χ4v) is 7.34. The van der Waals surface area contributed by atoms with Gasteiger partial charge in [-0.15, -0.1) is 0 Å². The lowest BCUT2D eigenvalue weighted by Gasteiger charge is -2.17. The lowest BCUT2D eigenvalue weighted by atomic mass is 9.95. The van der Waals surface area contributed by atoms with Crippen molar-refractivity contribution < 1.29 is 47.4 Å². The minimum atomic E-state index is 0.182. The van der Waals surface area contributed by atoms with E-state index in [1.807, 2.05) is 18.3 Å². The van der Waals surface area contributed by atoms with Crippen molar-refractivity contribution in [1.29, 1.82) is 0 Å². The first-order valence-electron chi connectivity index (χ1n) is 16.2. The average molecular weight is 659 g/mol. The van der Waals surface area contributed by atoms with E-state index in [0.717, 1.165) is 93.2 Å². The van der Waals surface area contributed by atoms with Crippen LogP contribution in [0.2, 0.25) is 0 Å². The summed E-state index contributed by atoms with van der Waals surface area (Å²) in [5.74, 6) is 5.47. The summed E-state index contributed by atoms with van der Waals surface area (Å²) >= 11 is 0. The van der Waals surface area contributed by atoms with Gasteiger partial charge >= 0.3 is 0 Å². The van der Waals surface area contributed by atoms with Crippen molar-refractivity contribution in [2.24, 2.45) is 0 Å². The molecule has 4 aromatic carbocycles. The fraction of sp³-hybridized carbons (Fsp3) is 0.231. The Balaban J connectivity index is 0.000000133. The highest BCUT2D eigenvalue weighted by atomic mass is 16.7. The van der Waals surface area contributed by atoms with E-state index in [0.29, 0.717) is 12.5 Å². The molecule has 2 aromatic heterocycles. The fourth-order valence-electron chi connectivity index (χ4n) is 7.34. The Morgan fingerprint density at radius 2 is 1.06 bits per heavy atom. The van der Waals surface area contributed by atoms with Gasteiger partial charge in [-0.3, -0.25) is 0 Å². The van der Waals surface area contributed by atoms with Gasteiger partial charge in [-0.25, -0.2) is 0 Å². The van der Waals surface area contributed by atoms with E-state index >= 15 is 0 Å². The molecule has 4 aliphatic rings. The normalized spacial score (nSPS) is 14.3. The summed E-state index contributed by atoms with van der Waals surface area (Å²) < 4.78 is 42.8. The van der Waals surface area contributed by atoms with E-state index in [4.69, 9.17) is 33.2 Å². The molecule has 10 rings (SSSR count).